The van der Waals surface area contributed by atoms with E-state index in [4.69, 9.17) is 11.6 Å². The molecule has 0 aromatic heterocycles. The smallest absolute Gasteiger partial charge is 0.222 e. The van der Waals surface area contributed by atoms with Gasteiger partial charge >= 0.3 is 0 Å². The second-order valence-electron chi connectivity index (χ2n) is 6.52. The number of halogens is 1. The molecule has 0 aliphatic heterocycles. The zero-order chi connectivity index (χ0) is 18.1. The fourth-order valence-corrected chi connectivity index (χ4v) is 3.09. The van der Waals surface area contributed by atoms with Gasteiger partial charge in [-0.15, -0.1) is 0 Å². The Morgan fingerprint density at radius 2 is 1.92 bits per heavy atom. The molecular weight excluding hydrogens is 336 g/mol. The molecule has 0 saturated heterocycles. The Morgan fingerprint density at radius 3 is 2.56 bits per heavy atom. The molecule has 2 amide bonds. The molecule has 1 aliphatic rings. The Kier molecular flexibility index (Phi) is 7.99. The molecule has 25 heavy (non-hydrogen) atoms. The van der Waals surface area contributed by atoms with Crippen molar-refractivity contribution in [2.75, 3.05) is 13.1 Å². The molecule has 0 saturated carbocycles. The van der Waals surface area contributed by atoms with Gasteiger partial charge in [-0.2, -0.15) is 0 Å². The van der Waals surface area contributed by atoms with Crippen LogP contribution in [0.1, 0.15) is 51.0 Å². The number of benzene rings is 1. The van der Waals surface area contributed by atoms with Crippen LogP contribution < -0.4 is 5.32 Å². The van der Waals surface area contributed by atoms with E-state index in [-0.39, 0.29) is 11.8 Å². The lowest BCUT2D eigenvalue weighted by Crippen LogP contribution is -2.34. The summed E-state index contributed by atoms with van der Waals surface area (Å²) in [6.07, 6.45) is 8.38. The number of carbonyl (C=O) groups is 2. The monoisotopic (exact) mass is 362 g/mol. The maximum absolute atomic E-state index is 12.0. The second-order valence-corrected chi connectivity index (χ2v) is 6.95. The van der Waals surface area contributed by atoms with Crippen LogP contribution in [0, 0.1) is 0 Å². The fraction of sp³-hybridized carbons (Fsp3) is 0.500. The molecule has 1 N–H and O–H groups in total. The number of rotatable bonds is 8. The van der Waals surface area contributed by atoms with E-state index < -0.39 is 0 Å². The molecular formula is C20H27ClN2O2. The van der Waals surface area contributed by atoms with Crippen molar-refractivity contribution in [3.8, 4) is 0 Å². The molecule has 1 aliphatic carbocycles. The minimum absolute atomic E-state index is 0.0295. The Morgan fingerprint density at radius 1 is 1.16 bits per heavy atom. The third kappa shape index (κ3) is 7.30. The number of nitrogens with zero attached hydrogens (tertiary/aromatic N) is 1. The van der Waals surface area contributed by atoms with Gasteiger partial charge in [0.2, 0.25) is 11.8 Å². The van der Waals surface area contributed by atoms with Gasteiger partial charge in [0.15, 0.2) is 0 Å². The van der Waals surface area contributed by atoms with E-state index in [9.17, 15) is 9.59 Å². The van der Waals surface area contributed by atoms with E-state index >= 15 is 0 Å². The van der Waals surface area contributed by atoms with E-state index in [0.29, 0.717) is 31.1 Å². The van der Waals surface area contributed by atoms with Gasteiger partial charge in [0.1, 0.15) is 0 Å². The first-order valence-corrected chi connectivity index (χ1v) is 9.37. The number of nitrogens with one attached hydrogen (secondary N) is 1. The van der Waals surface area contributed by atoms with Gasteiger partial charge in [0.25, 0.3) is 0 Å². The van der Waals surface area contributed by atoms with Crippen LogP contribution in [0.3, 0.4) is 0 Å². The van der Waals surface area contributed by atoms with Crippen molar-refractivity contribution in [1.29, 1.82) is 0 Å². The zero-order valence-electron chi connectivity index (χ0n) is 14.9. The highest BCUT2D eigenvalue weighted by Gasteiger charge is 2.12. The predicted molar refractivity (Wildman–Crippen MR) is 101 cm³/mol. The Balaban J connectivity index is 1.71. The summed E-state index contributed by atoms with van der Waals surface area (Å²) in [5.74, 6) is -0.0139. The first-order valence-electron chi connectivity index (χ1n) is 8.99. The van der Waals surface area contributed by atoms with Gasteiger partial charge < -0.3 is 10.2 Å². The topological polar surface area (TPSA) is 49.4 Å². The third-order valence-corrected chi connectivity index (χ3v) is 4.80. The number of hydrogen-bond donors (Lipinski definition) is 1. The van der Waals surface area contributed by atoms with Crippen molar-refractivity contribution in [3.63, 3.8) is 0 Å². The third-order valence-electron chi connectivity index (χ3n) is 4.54. The molecule has 136 valence electrons. The maximum atomic E-state index is 12.0. The lowest BCUT2D eigenvalue weighted by atomic mass is 9.97. The van der Waals surface area contributed by atoms with Gasteiger partial charge in [0, 0.05) is 38.0 Å². The summed E-state index contributed by atoms with van der Waals surface area (Å²) in [6.45, 7) is 3.21. The molecule has 0 spiro atoms. The average Bonchev–Trinajstić information content (AvgIpc) is 2.61. The predicted octanol–water partition coefficient (Wildman–Crippen LogP) is 4.09. The highest BCUT2D eigenvalue weighted by atomic mass is 35.5. The molecule has 0 heterocycles. The Bertz CT molecular complexity index is 611. The molecule has 4 nitrogen and oxygen atoms in total. The molecule has 0 fully saturated rings. The minimum Gasteiger partial charge on any atom is -0.352 e. The van der Waals surface area contributed by atoms with E-state index in [1.807, 2.05) is 12.1 Å². The van der Waals surface area contributed by atoms with Crippen molar-refractivity contribution in [2.24, 2.45) is 0 Å². The van der Waals surface area contributed by atoms with Gasteiger partial charge in [0.05, 0.1) is 0 Å². The van der Waals surface area contributed by atoms with Gasteiger partial charge in [-0.1, -0.05) is 35.4 Å². The van der Waals surface area contributed by atoms with Gasteiger partial charge in [-0.3, -0.25) is 9.59 Å². The summed E-state index contributed by atoms with van der Waals surface area (Å²) in [5.41, 5.74) is 2.45. The Hall–Kier alpha value is -1.81. The standard InChI is InChI=1S/C20H27ClN2O2/c1-16(24)23(13-11-17-5-3-2-4-6-17)14-12-20(25)22-15-18-7-9-19(21)10-8-18/h5,7-10H,2-4,6,11-15H2,1H3,(H,22,25). The molecule has 0 unspecified atom stereocenters. The van der Waals surface area contributed by atoms with Crippen LogP contribution in [-0.4, -0.2) is 29.8 Å². The Labute approximate surface area is 155 Å². The highest BCUT2D eigenvalue weighted by molar-refractivity contribution is 6.30. The summed E-state index contributed by atoms with van der Waals surface area (Å²) in [4.78, 5) is 25.6. The van der Waals surface area contributed by atoms with Crippen molar-refractivity contribution < 1.29 is 9.59 Å². The molecule has 0 radical (unpaired) electrons. The fourth-order valence-electron chi connectivity index (χ4n) is 2.96. The van der Waals surface area contributed by atoms with Gasteiger partial charge in [-0.25, -0.2) is 0 Å². The summed E-state index contributed by atoms with van der Waals surface area (Å²) >= 11 is 5.85. The largest absolute Gasteiger partial charge is 0.352 e. The number of amides is 2. The van der Waals surface area contributed by atoms with Crippen LogP contribution in [0.4, 0.5) is 0 Å². The van der Waals surface area contributed by atoms with Crippen molar-refractivity contribution in [1.82, 2.24) is 10.2 Å². The second kappa shape index (κ2) is 10.2. The van der Waals surface area contributed by atoms with Crippen LogP contribution in [0.15, 0.2) is 35.9 Å². The number of carbonyl (C=O) groups excluding carboxylic acids is 2. The first-order chi connectivity index (χ1) is 12.0. The normalized spacial score (nSPS) is 13.9. The minimum atomic E-state index is -0.0434. The first kappa shape index (κ1) is 19.5. The SMILES string of the molecule is CC(=O)N(CCC(=O)NCc1ccc(Cl)cc1)CCC1=CCCCC1. The van der Waals surface area contributed by atoms with Crippen LogP contribution in [-0.2, 0) is 16.1 Å². The van der Waals surface area contributed by atoms with Crippen LogP contribution in [0.25, 0.3) is 0 Å². The van der Waals surface area contributed by atoms with Crippen molar-refractivity contribution in [2.45, 2.75) is 52.0 Å². The van der Waals surface area contributed by atoms with Gasteiger partial charge in [-0.05, 0) is 49.8 Å². The molecule has 2 rings (SSSR count). The zero-order valence-corrected chi connectivity index (χ0v) is 15.6. The van der Waals surface area contributed by atoms with Crippen LogP contribution in [0.5, 0.6) is 0 Å². The summed E-state index contributed by atoms with van der Waals surface area (Å²) in [6, 6.07) is 7.39. The molecule has 5 heteroatoms. The molecule has 0 bridgehead atoms. The lowest BCUT2D eigenvalue weighted by Gasteiger charge is -2.22. The van der Waals surface area contributed by atoms with Crippen molar-refractivity contribution in [3.05, 3.63) is 46.5 Å². The molecule has 1 aromatic rings. The summed E-state index contributed by atoms with van der Waals surface area (Å²) in [7, 11) is 0. The quantitative estimate of drug-likeness (QED) is 0.708. The summed E-state index contributed by atoms with van der Waals surface area (Å²) < 4.78 is 0. The van der Waals surface area contributed by atoms with E-state index in [0.717, 1.165) is 24.8 Å². The number of hydrogen-bond acceptors (Lipinski definition) is 2. The molecule has 0 atom stereocenters. The average molecular weight is 363 g/mol. The maximum Gasteiger partial charge on any atom is 0.222 e. The van der Waals surface area contributed by atoms with E-state index in [2.05, 4.69) is 11.4 Å². The van der Waals surface area contributed by atoms with Crippen LogP contribution >= 0.6 is 11.6 Å². The van der Waals surface area contributed by atoms with Crippen molar-refractivity contribution >= 4 is 23.4 Å². The highest BCUT2D eigenvalue weighted by Crippen LogP contribution is 2.20. The van der Waals surface area contributed by atoms with E-state index in [1.165, 1.54) is 18.4 Å². The molecule has 1 aromatic carbocycles. The summed E-state index contributed by atoms with van der Waals surface area (Å²) in [5, 5.41) is 3.57. The number of allylic oxidation sites excluding steroid dienone is 1. The lowest BCUT2D eigenvalue weighted by molar-refractivity contribution is -0.129. The van der Waals surface area contributed by atoms with Crippen LogP contribution in [0.2, 0.25) is 5.02 Å². The van der Waals surface area contributed by atoms with E-state index in [1.54, 1.807) is 24.0 Å².